The van der Waals surface area contributed by atoms with Crippen LogP contribution in [0.15, 0.2) is 18.2 Å². The second kappa shape index (κ2) is 7.43. The van der Waals surface area contributed by atoms with E-state index in [0.29, 0.717) is 5.75 Å². The highest BCUT2D eigenvalue weighted by atomic mass is 16.5. The zero-order valence-electron chi connectivity index (χ0n) is 13.1. The lowest BCUT2D eigenvalue weighted by molar-refractivity contribution is -0.120. The third-order valence-electron chi connectivity index (χ3n) is 3.73. The second-order valence-electron chi connectivity index (χ2n) is 5.79. The Morgan fingerprint density at radius 1 is 1.38 bits per heavy atom. The van der Waals surface area contributed by atoms with Gasteiger partial charge in [0.2, 0.25) is 5.91 Å². The number of methoxy groups -OCH3 is 1. The van der Waals surface area contributed by atoms with Crippen molar-refractivity contribution in [3.8, 4) is 5.75 Å². The van der Waals surface area contributed by atoms with Crippen molar-refractivity contribution in [2.24, 2.45) is 5.92 Å². The summed E-state index contributed by atoms with van der Waals surface area (Å²) in [5.74, 6) is 0.894. The molecule has 0 aromatic heterocycles. The Bertz CT molecular complexity index is 482. The largest absolute Gasteiger partial charge is 0.495 e. The van der Waals surface area contributed by atoms with E-state index in [1.807, 2.05) is 32.3 Å². The van der Waals surface area contributed by atoms with E-state index in [-0.39, 0.29) is 11.8 Å². The third-order valence-corrected chi connectivity index (χ3v) is 3.73. The molecule has 1 aromatic rings. The zero-order valence-corrected chi connectivity index (χ0v) is 13.1. The molecule has 1 saturated heterocycles. The molecule has 1 aromatic carbocycles. The Hall–Kier alpha value is -1.59. The molecular weight excluding hydrogens is 266 g/mol. The van der Waals surface area contributed by atoms with Gasteiger partial charge in [0, 0.05) is 12.5 Å². The number of nitrogens with zero attached hydrogens (tertiary/aromatic N) is 1. The van der Waals surface area contributed by atoms with Crippen LogP contribution < -0.4 is 15.4 Å². The van der Waals surface area contributed by atoms with Crippen LogP contribution in [0.2, 0.25) is 0 Å². The Balaban J connectivity index is 2.10. The summed E-state index contributed by atoms with van der Waals surface area (Å²) >= 11 is 0. The van der Waals surface area contributed by atoms with Crippen molar-refractivity contribution in [2.45, 2.75) is 19.4 Å². The van der Waals surface area contributed by atoms with Gasteiger partial charge in [-0.2, -0.15) is 0 Å². The molecule has 1 amide bonds. The second-order valence-corrected chi connectivity index (χ2v) is 5.79. The van der Waals surface area contributed by atoms with Gasteiger partial charge in [0.1, 0.15) is 5.75 Å². The first-order valence-electron chi connectivity index (χ1n) is 7.43. The molecule has 0 radical (unpaired) electrons. The number of hydrogen-bond donors (Lipinski definition) is 2. The van der Waals surface area contributed by atoms with Crippen LogP contribution in [-0.4, -0.2) is 45.1 Å². The van der Waals surface area contributed by atoms with Crippen LogP contribution in [0.25, 0.3) is 0 Å². The smallest absolute Gasteiger partial charge is 0.227 e. The van der Waals surface area contributed by atoms with Crippen LogP contribution in [0, 0.1) is 5.92 Å². The van der Waals surface area contributed by atoms with Crippen LogP contribution in [-0.2, 0) is 11.3 Å². The standard InChI is InChI=1S/C16H25N3O2/c1-19(2)11-12-4-5-15(21-3)14(10-12)18-16(20)13-6-8-17-9-7-13/h4-5,10,13,17H,6-9,11H2,1-3H3,(H,18,20). The number of hydrogen-bond acceptors (Lipinski definition) is 4. The van der Waals surface area contributed by atoms with Gasteiger partial charge >= 0.3 is 0 Å². The van der Waals surface area contributed by atoms with Crippen LogP contribution in [0.3, 0.4) is 0 Å². The Kier molecular flexibility index (Phi) is 5.59. The number of ether oxygens (including phenoxy) is 1. The van der Waals surface area contributed by atoms with E-state index in [4.69, 9.17) is 4.74 Å². The van der Waals surface area contributed by atoms with Crippen molar-refractivity contribution in [3.05, 3.63) is 23.8 Å². The van der Waals surface area contributed by atoms with Gasteiger partial charge in [-0.3, -0.25) is 4.79 Å². The maximum Gasteiger partial charge on any atom is 0.227 e. The predicted octanol–water partition coefficient (Wildman–Crippen LogP) is 1.69. The van der Waals surface area contributed by atoms with Crippen molar-refractivity contribution < 1.29 is 9.53 Å². The Labute approximate surface area is 126 Å². The molecule has 0 saturated carbocycles. The molecule has 5 heteroatoms. The first-order valence-corrected chi connectivity index (χ1v) is 7.43. The van der Waals surface area contributed by atoms with E-state index in [1.165, 1.54) is 0 Å². The summed E-state index contributed by atoms with van der Waals surface area (Å²) in [6.45, 7) is 2.66. The summed E-state index contributed by atoms with van der Waals surface area (Å²) in [7, 11) is 5.68. The molecule has 1 heterocycles. The Morgan fingerprint density at radius 3 is 2.71 bits per heavy atom. The lowest BCUT2D eigenvalue weighted by Crippen LogP contribution is -2.34. The van der Waals surface area contributed by atoms with Gasteiger partial charge in [-0.15, -0.1) is 0 Å². The highest BCUT2D eigenvalue weighted by Crippen LogP contribution is 2.27. The van der Waals surface area contributed by atoms with Crippen LogP contribution in [0.5, 0.6) is 5.75 Å². The summed E-state index contributed by atoms with van der Waals surface area (Å²) < 4.78 is 5.35. The normalized spacial score (nSPS) is 16.0. The molecular formula is C16H25N3O2. The van der Waals surface area contributed by atoms with Gasteiger partial charge in [0.05, 0.1) is 12.8 Å². The summed E-state index contributed by atoms with van der Waals surface area (Å²) in [4.78, 5) is 14.5. The van der Waals surface area contributed by atoms with Gasteiger partial charge in [0.25, 0.3) is 0 Å². The maximum absolute atomic E-state index is 12.4. The monoisotopic (exact) mass is 291 g/mol. The molecule has 1 aliphatic rings. The van der Waals surface area contributed by atoms with Gasteiger partial charge in [0.15, 0.2) is 0 Å². The molecule has 1 fully saturated rings. The van der Waals surface area contributed by atoms with Crippen molar-refractivity contribution in [3.63, 3.8) is 0 Å². The van der Waals surface area contributed by atoms with Crippen LogP contribution >= 0.6 is 0 Å². The number of amides is 1. The lowest BCUT2D eigenvalue weighted by atomic mass is 9.97. The van der Waals surface area contributed by atoms with Crippen molar-refractivity contribution in [1.82, 2.24) is 10.2 Å². The number of anilines is 1. The quantitative estimate of drug-likeness (QED) is 0.867. The highest BCUT2D eigenvalue weighted by molar-refractivity contribution is 5.94. The molecule has 0 aliphatic carbocycles. The molecule has 5 nitrogen and oxygen atoms in total. The number of carbonyl (C=O) groups is 1. The van der Waals surface area contributed by atoms with Crippen molar-refractivity contribution in [2.75, 3.05) is 39.6 Å². The minimum absolute atomic E-state index is 0.0912. The number of piperidine rings is 1. The summed E-state index contributed by atoms with van der Waals surface area (Å²) in [6.07, 6.45) is 1.79. The Morgan fingerprint density at radius 2 is 2.10 bits per heavy atom. The van der Waals surface area contributed by atoms with E-state index in [2.05, 4.69) is 15.5 Å². The maximum atomic E-state index is 12.4. The number of nitrogens with one attached hydrogen (secondary N) is 2. The molecule has 116 valence electrons. The number of benzene rings is 1. The summed E-state index contributed by atoms with van der Waals surface area (Å²) in [5.41, 5.74) is 1.92. The van der Waals surface area contributed by atoms with E-state index in [9.17, 15) is 4.79 Å². The SMILES string of the molecule is COc1ccc(CN(C)C)cc1NC(=O)C1CCNCC1. The molecule has 1 aliphatic heterocycles. The van der Waals surface area contributed by atoms with Gasteiger partial charge in [-0.05, 0) is 57.7 Å². The van der Waals surface area contributed by atoms with Gasteiger partial charge in [-0.1, -0.05) is 6.07 Å². The van der Waals surface area contributed by atoms with Gasteiger partial charge < -0.3 is 20.3 Å². The molecule has 0 atom stereocenters. The van der Waals surface area contributed by atoms with E-state index >= 15 is 0 Å². The first kappa shape index (κ1) is 15.8. The average molecular weight is 291 g/mol. The lowest BCUT2D eigenvalue weighted by Gasteiger charge is -2.22. The molecule has 2 rings (SSSR count). The minimum Gasteiger partial charge on any atom is -0.495 e. The minimum atomic E-state index is 0.0912. The first-order chi connectivity index (χ1) is 10.1. The fourth-order valence-corrected chi connectivity index (χ4v) is 2.64. The molecule has 0 spiro atoms. The molecule has 2 N–H and O–H groups in total. The van der Waals surface area contributed by atoms with E-state index in [1.54, 1.807) is 7.11 Å². The molecule has 0 bridgehead atoms. The highest BCUT2D eigenvalue weighted by Gasteiger charge is 2.21. The van der Waals surface area contributed by atoms with E-state index < -0.39 is 0 Å². The van der Waals surface area contributed by atoms with Gasteiger partial charge in [-0.25, -0.2) is 0 Å². The van der Waals surface area contributed by atoms with Crippen molar-refractivity contribution in [1.29, 1.82) is 0 Å². The molecule has 0 unspecified atom stereocenters. The van der Waals surface area contributed by atoms with E-state index in [0.717, 1.165) is 43.7 Å². The van der Waals surface area contributed by atoms with Crippen LogP contribution in [0.1, 0.15) is 18.4 Å². The summed E-state index contributed by atoms with van der Waals surface area (Å²) in [5, 5.41) is 6.31. The number of rotatable bonds is 5. The fourth-order valence-electron chi connectivity index (χ4n) is 2.64. The van der Waals surface area contributed by atoms with Crippen molar-refractivity contribution >= 4 is 11.6 Å². The number of carbonyl (C=O) groups excluding carboxylic acids is 1. The average Bonchev–Trinajstić information content (AvgIpc) is 2.48. The van der Waals surface area contributed by atoms with Crippen LogP contribution in [0.4, 0.5) is 5.69 Å². The summed E-state index contributed by atoms with van der Waals surface area (Å²) in [6, 6.07) is 5.94. The zero-order chi connectivity index (χ0) is 15.2. The third kappa shape index (κ3) is 4.44. The fraction of sp³-hybridized carbons (Fsp3) is 0.562. The predicted molar refractivity (Wildman–Crippen MR) is 84.6 cm³/mol. The topological polar surface area (TPSA) is 53.6 Å². The molecule has 21 heavy (non-hydrogen) atoms.